The fourth-order valence-electron chi connectivity index (χ4n) is 12.0. The minimum absolute atomic E-state index is 0.568. The molecule has 0 fully saturated rings. The molecule has 0 saturated heterocycles. The van der Waals surface area contributed by atoms with E-state index in [4.69, 9.17) is 8.83 Å². The molecule has 0 saturated carbocycles. The summed E-state index contributed by atoms with van der Waals surface area (Å²) < 4.78 is 16.8. The number of hydrogen-bond acceptors (Lipinski definition) is 4. The van der Waals surface area contributed by atoms with E-state index in [-0.39, 0.29) is 0 Å². The number of furan rings is 2. The molecule has 4 heteroatoms. The molecule has 11 aromatic carbocycles. The Morgan fingerprint density at radius 1 is 0.366 bits per heavy atom. The molecule has 3 heterocycles. The van der Waals surface area contributed by atoms with E-state index in [9.17, 15) is 0 Å². The number of rotatable bonds is 7. The molecule has 1 aliphatic carbocycles. The lowest BCUT2D eigenvalue weighted by molar-refractivity contribution is 0.664. The normalized spacial score (nSPS) is 12.9. The highest BCUT2D eigenvalue weighted by Crippen LogP contribution is 2.58. The van der Waals surface area contributed by atoms with Gasteiger partial charge in [-0.1, -0.05) is 194 Å². The van der Waals surface area contributed by atoms with Gasteiger partial charge < -0.3 is 13.7 Å². The van der Waals surface area contributed by atoms with Crippen molar-refractivity contribution in [1.29, 1.82) is 0 Å². The highest BCUT2D eigenvalue weighted by Gasteiger charge is 2.46. The fraction of sp³-hybridized carbons (Fsp3) is 0.0149. The molecule has 332 valence electrons. The van der Waals surface area contributed by atoms with E-state index in [1.807, 2.05) is 11.3 Å². The van der Waals surface area contributed by atoms with Crippen LogP contribution in [0, 0.1) is 0 Å². The van der Waals surface area contributed by atoms with Gasteiger partial charge in [-0.05, 0) is 105 Å². The van der Waals surface area contributed by atoms with Crippen LogP contribution in [0.3, 0.4) is 0 Å². The summed E-state index contributed by atoms with van der Waals surface area (Å²) in [6.45, 7) is 0. The lowest BCUT2D eigenvalue weighted by atomic mass is 9.67. The van der Waals surface area contributed by atoms with Crippen LogP contribution in [0.2, 0.25) is 0 Å². The highest BCUT2D eigenvalue weighted by molar-refractivity contribution is 7.26. The van der Waals surface area contributed by atoms with Gasteiger partial charge in [-0.15, -0.1) is 11.3 Å². The summed E-state index contributed by atoms with van der Waals surface area (Å²) in [6, 6.07) is 90.3. The number of benzene rings is 11. The Bertz CT molecular complexity index is 4350. The average molecular weight is 924 g/mol. The highest BCUT2D eigenvalue weighted by atomic mass is 32.1. The number of para-hydroxylation sites is 1. The van der Waals surface area contributed by atoms with Gasteiger partial charge in [0, 0.05) is 42.9 Å². The first kappa shape index (κ1) is 40.0. The van der Waals surface area contributed by atoms with E-state index in [1.165, 1.54) is 64.7 Å². The second-order valence-electron chi connectivity index (χ2n) is 18.6. The van der Waals surface area contributed by atoms with E-state index in [1.54, 1.807) is 0 Å². The first-order valence-electron chi connectivity index (χ1n) is 24.2. The van der Waals surface area contributed by atoms with Gasteiger partial charge in [0.1, 0.15) is 22.3 Å². The molecule has 15 rings (SSSR count). The maximum absolute atomic E-state index is 7.38. The largest absolute Gasteiger partial charge is 0.456 e. The molecule has 0 unspecified atom stereocenters. The predicted molar refractivity (Wildman–Crippen MR) is 297 cm³/mol. The second kappa shape index (κ2) is 15.5. The Labute approximate surface area is 413 Å². The third kappa shape index (κ3) is 5.83. The van der Waals surface area contributed by atoms with Crippen LogP contribution in [0.15, 0.2) is 258 Å². The van der Waals surface area contributed by atoms with E-state index in [0.717, 1.165) is 72.1 Å². The number of fused-ring (bicyclic) bond motifs is 12. The zero-order chi connectivity index (χ0) is 46.6. The lowest BCUT2D eigenvalue weighted by Crippen LogP contribution is -2.28. The second-order valence-corrected chi connectivity index (χ2v) is 19.7. The van der Waals surface area contributed by atoms with Gasteiger partial charge in [0.25, 0.3) is 0 Å². The number of anilines is 3. The molecule has 3 aromatic heterocycles. The van der Waals surface area contributed by atoms with E-state index in [2.05, 4.69) is 254 Å². The molecule has 1 aliphatic rings. The molecule has 0 amide bonds. The van der Waals surface area contributed by atoms with E-state index in [0.29, 0.717) is 0 Å². The van der Waals surface area contributed by atoms with Gasteiger partial charge in [-0.3, -0.25) is 0 Å². The molecule has 0 bridgehead atoms. The zero-order valence-electron chi connectivity index (χ0n) is 38.3. The van der Waals surface area contributed by atoms with Gasteiger partial charge in [0.05, 0.1) is 26.9 Å². The van der Waals surface area contributed by atoms with Crippen LogP contribution in [0.1, 0.15) is 22.3 Å². The summed E-state index contributed by atoms with van der Waals surface area (Å²) in [5.74, 6) is 0. The van der Waals surface area contributed by atoms with Crippen molar-refractivity contribution < 1.29 is 8.83 Å². The summed E-state index contributed by atoms with van der Waals surface area (Å²) in [4.78, 5) is 2.44. The Morgan fingerprint density at radius 2 is 0.972 bits per heavy atom. The van der Waals surface area contributed by atoms with Crippen molar-refractivity contribution in [1.82, 2.24) is 0 Å². The van der Waals surface area contributed by atoms with Crippen LogP contribution in [-0.4, -0.2) is 0 Å². The fourth-order valence-corrected chi connectivity index (χ4v) is 13.2. The van der Waals surface area contributed by atoms with Crippen molar-refractivity contribution in [2.45, 2.75) is 5.41 Å². The topological polar surface area (TPSA) is 29.5 Å². The van der Waals surface area contributed by atoms with Crippen LogP contribution in [0.5, 0.6) is 0 Å². The number of nitrogens with zero attached hydrogens (tertiary/aromatic N) is 1. The quantitative estimate of drug-likeness (QED) is 0.160. The maximum atomic E-state index is 7.38. The average Bonchev–Trinajstić information content (AvgIpc) is 4.20. The Kier molecular flexibility index (Phi) is 8.74. The molecule has 0 radical (unpaired) electrons. The maximum Gasteiger partial charge on any atom is 0.144 e. The van der Waals surface area contributed by atoms with Crippen LogP contribution in [-0.2, 0) is 5.41 Å². The molecule has 0 aliphatic heterocycles. The lowest BCUT2D eigenvalue weighted by Gasteiger charge is -2.34. The van der Waals surface area contributed by atoms with Gasteiger partial charge in [0.2, 0.25) is 0 Å². The Hall–Kier alpha value is -8.96. The van der Waals surface area contributed by atoms with Crippen molar-refractivity contribution in [2.75, 3.05) is 4.90 Å². The third-order valence-electron chi connectivity index (χ3n) is 15.0. The summed E-state index contributed by atoms with van der Waals surface area (Å²) in [5.41, 5.74) is 17.8. The molecular formula is C67H41NO2S. The van der Waals surface area contributed by atoms with E-state index < -0.39 is 5.41 Å². The van der Waals surface area contributed by atoms with Gasteiger partial charge in [-0.2, -0.15) is 0 Å². The minimum Gasteiger partial charge on any atom is -0.456 e. The van der Waals surface area contributed by atoms with Crippen molar-refractivity contribution in [2.24, 2.45) is 0 Å². The smallest absolute Gasteiger partial charge is 0.144 e. The molecule has 0 atom stereocenters. The summed E-state index contributed by atoms with van der Waals surface area (Å²) >= 11 is 1.84. The first-order valence-corrected chi connectivity index (χ1v) is 25.1. The van der Waals surface area contributed by atoms with Crippen molar-refractivity contribution in [3.05, 3.63) is 271 Å². The molecule has 71 heavy (non-hydrogen) atoms. The van der Waals surface area contributed by atoms with Gasteiger partial charge in [0.15, 0.2) is 0 Å². The van der Waals surface area contributed by atoms with Gasteiger partial charge >= 0.3 is 0 Å². The monoisotopic (exact) mass is 923 g/mol. The summed E-state index contributed by atoms with van der Waals surface area (Å²) in [5, 5.41) is 6.61. The SMILES string of the molecule is c1ccc(-c2ccc(N(c3cccc4c3sc3ccccc34)c3cccc4oc5c(-c6ccc7c(c6)C(c6ccccc6)(c6ccccc6)c6ccccc6-7)c6c(cc5c34)oc3ccccc36)cc2)cc1. The first-order chi connectivity index (χ1) is 35.2. The molecule has 0 N–H and O–H groups in total. The molecule has 3 nitrogen and oxygen atoms in total. The van der Waals surface area contributed by atoms with Crippen molar-refractivity contribution >= 4 is 92.4 Å². The summed E-state index contributed by atoms with van der Waals surface area (Å²) in [7, 11) is 0. The van der Waals surface area contributed by atoms with Crippen LogP contribution >= 0.6 is 11.3 Å². The number of hydrogen-bond donors (Lipinski definition) is 0. The zero-order valence-corrected chi connectivity index (χ0v) is 39.2. The van der Waals surface area contributed by atoms with Gasteiger partial charge in [-0.25, -0.2) is 0 Å². The third-order valence-corrected chi connectivity index (χ3v) is 16.2. The van der Waals surface area contributed by atoms with Crippen molar-refractivity contribution in [3.63, 3.8) is 0 Å². The van der Waals surface area contributed by atoms with Crippen LogP contribution < -0.4 is 4.90 Å². The minimum atomic E-state index is -0.568. The van der Waals surface area contributed by atoms with Crippen LogP contribution in [0.25, 0.3) is 97.4 Å². The standard InChI is InChI=1S/C67H41NO2S/c1-4-18-42(19-5-1)43-34-37-47(38-35-43)68(57-30-16-27-51-50-25-12-15-33-61(50)71-66(51)57)56-29-17-32-59-63(56)53-41-60-64(52-26-11-14-31-58(52)69-60)62(65(53)70-59)44-36-39-49-48-24-10-13-28-54(48)67(55(49)40-44,45-20-6-2-7-21-45)46-22-8-3-9-23-46/h1-41H. The molecule has 0 spiro atoms. The van der Waals surface area contributed by atoms with E-state index >= 15 is 0 Å². The summed E-state index contributed by atoms with van der Waals surface area (Å²) in [6.07, 6.45) is 0. The number of thiophene rings is 1. The van der Waals surface area contributed by atoms with Crippen LogP contribution in [0.4, 0.5) is 17.1 Å². The van der Waals surface area contributed by atoms with Crippen molar-refractivity contribution in [3.8, 4) is 33.4 Å². The predicted octanol–water partition coefficient (Wildman–Crippen LogP) is 19.0. The Balaban J connectivity index is 1.03. The molecule has 14 aromatic rings. The molecular weight excluding hydrogens is 883 g/mol. The Morgan fingerprint density at radius 3 is 1.77 bits per heavy atom.